The van der Waals surface area contributed by atoms with Gasteiger partial charge < -0.3 is 0 Å². The van der Waals surface area contributed by atoms with E-state index < -0.39 is 14.7 Å². The number of allylic oxidation sites excluding steroid dienone is 2. The number of rotatable bonds is 3. The summed E-state index contributed by atoms with van der Waals surface area (Å²) < 4.78 is 6.81. The Morgan fingerprint density at radius 2 is 1.52 bits per heavy atom. The Bertz CT molecular complexity index is 779. The van der Waals surface area contributed by atoms with Crippen LogP contribution in [0.25, 0.3) is 0 Å². The molecule has 0 atom stereocenters. The van der Waals surface area contributed by atoms with Crippen LogP contribution in [0.3, 0.4) is 0 Å². The summed E-state index contributed by atoms with van der Waals surface area (Å²) in [5, 5.41) is 0. The molecule has 0 saturated carbocycles. The molecule has 0 N–H and O–H groups in total. The normalized spacial score (nSPS) is 21.6. The van der Waals surface area contributed by atoms with Crippen LogP contribution in [0.1, 0.15) is 54.4 Å². The molecule has 1 aromatic rings. The maximum atomic E-state index is 4.46. The standard InChI is InChI=1S/C9H18N.C9H14N.C6H5.Bi.2BrH/c2*1-9(2,3)8-4-6-10-7-5-8;1-2-4-6-5-3-1;;;/h8H,4-7H2,1-3H3;4-6H,7H2,1-3H3;1-5H;;2*1H/q2*-1;;+4;;/p-2. The van der Waals surface area contributed by atoms with Crippen molar-refractivity contribution in [3.05, 3.63) is 54.3 Å². The van der Waals surface area contributed by atoms with E-state index in [1.165, 1.54) is 21.7 Å². The zero-order valence-electron chi connectivity index (χ0n) is 18.8. The second kappa shape index (κ2) is 8.34. The number of piperidine rings is 1. The van der Waals surface area contributed by atoms with Gasteiger partial charge >= 0.3 is 193 Å². The van der Waals surface area contributed by atoms with E-state index >= 15 is 0 Å². The summed E-state index contributed by atoms with van der Waals surface area (Å²) in [5.41, 5.74) is 2.00. The van der Waals surface area contributed by atoms with E-state index in [1.54, 1.807) is 0 Å². The third-order valence-electron chi connectivity index (χ3n) is 6.59. The van der Waals surface area contributed by atoms with Gasteiger partial charge in [-0.15, -0.1) is 0 Å². The van der Waals surface area contributed by atoms with Crippen LogP contribution in [0.15, 0.2) is 54.3 Å². The fourth-order valence-electron chi connectivity index (χ4n) is 4.52. The van der Waals surface area contributed by atoms with Gasteiger partial charge in [0.15, 0.2) is 0 Å². The van der Waals surface area contributed by atoms with E-state index in [9.17, 15) is 0 Å². The van der Waals surface area contributed by atoms with E-state index in [4.69, 9.17) is 0 Å². The third-order valence-corrected chi connectivity index (χ3v) is 43.1. The number of nitrogens with zero attached hydrogens (tertiary/aromatic N) is 2. The van der Waals surface area contributed by atoms with Crippen molar-refractivity contribution in [2.45, 2.75) is 54.4 Å². The SMILES string of the molecule is CC(C)(C)C1=CC[N]([Bi]([Br])([Br])([c]2ccccc2)[N]2CCC(C(C)(C)C)CC2)C=C1. The number of hydrogen-bond donors (Lipinski definition) is 0. The van der Waals surface area contributed by atoms with Gasteiger partial charge in [0.2, 0.25) is 0 Å². The Hall–Kier alpha value is 0.303. The Balaban J connectivity index is 1.96. The molecule has 2 heterocycles. The number of halogens is 2. The minimum absolute atomic E-state index is 0.185. The van der Waals surface area contributed by atoms with Gasteiger partial charge in [-0.3, -0.25) is 0 Å². The van der Waals surface area contributed by atoms with E-state index in [2.05, 4.69) is 120 Å². The molecule has 1 saturated heterocycles. The molecule has 0 aromatic heterocycles. The molecule has 2 nitrogen and oxygen atoms in total. The van der Waals surface area contributed by atoms with Crippen LogP contribution in [0.5, 0.6) is 0 Å². The first-order valence-electron chi connectivity index (χ1n) is 10.8. The molecule has 0 unspecified atom stereocenters. The van der Waals surface area contributed by atoms with Crippen LogP contribution in [-0.4, -0.2) is 40.0 Å². The quantitative estimate of drug-likeness (QED) is 0.324. The summed E-state index contributed by atoms with van der Waals surface area (Å²) in [6, 6.07) is 11.1. The molecule has 0 spiro atoms. The second-order valence-electron chi connectivity index (χ2n) is 10.6. The average Bonchev–Trinajstić information content (AvgIpc) is 2.68. The Labute approximate surface area is 191 Å². The van der Waals surface area contributed by atoms with Gasteiger partial charge in [0.25, 0.3) is 0 Å². The van der Waals surface area contributed by atoms with Gasteiger partial charge in [0.1, 0.15) is 0 Å². The fourth-order valence-corrected chi connectivity index (χ4v) is 30.7. The average molecular weight is 722 g/mol. The summed E-state index contributed by atoms with van der Waals surface area (Å²) in [6.07, 6.45) is 9.62. The molecule has 1 aromatic carbocycles. The van der Waals surface area contributed by atoms with Crippen LogP contribution >= 0.6 is 24.4 Å². The molecule has 162 valence electrons. The monoisotopic (exact) mass is 720 g/mol. The zero-order chi connectivity index (χ0) is 21.5. The molecular formula is C24H37BiBr2N2. The van der Waals surface area contributed by atoms with Crippen LogP contribution < -0.4 is 3.27 Å². The van der Waals surface area contributed by atoms with Gasteiger partial charge in [-0.2, -0.15) is 0 Å². The van der Waals surface area contributed by atoms with Crippen molar-refractivity contribution in [3.8, 4) is 0 Å². The van der Waals surface area contributed by atoms with Gasteiger partial charge in [-0.05, 0) is 0 Å². The topological polar surface area (TPSA) is 6.48 Å². The van der Waals surface area contributed by atoms with Crippen molar-refractivity contribution in [2.75, 3.05) is 19.6 Å². The summed E-state index contributed by atoms with van der Waals surface area (Å²) in [7, 11) is 0. The van der Waals surface area contributed by atoms with Crippen LogP contribution in [0.2, 0.25) is 0 Å². The molecule has 0 radical (unpaired) electrons. The van der Waals surface area contributed by atoms with Gasteiger partial charge in [-0.1, -0.05) is 0 Å². The third kappa shape index (κ3) is 4.74. The molecule has 2 aliphatic heterocycles. The van der Waals surface area contributed by atoms with E-state index in [-0.39, 0.29) is 5.41 Å². The predicted molar refractivity (Wildman–Crippen MR) is 137 cm³/mol. The zero-order valence-corrected chi connectivity index (χ0v) is 25.5. The first-order valence-corrected chi connectivity index (χ1v) is 30.7. The number of hydrogen-bond acceptors (Lipinski definition) is 2. The molecule has 0 aliphatic carbocycles. The fraction of sp³-hybridized carbons (Fsp3) is 0.583. The van der Waals surface area contributed by atoms with Crippen molar-refractivity contribution < 1.29 is 0 Å². The second-order valence-corrected chi connectivity index (χ2v) is 55.2. The van der Waals surface area contributed by atoms with Gasteiger partial charge in [0.05, 0.1) is 0 Å². The Morgan fingerprint density at radius 1 is 0.931 bits per heavy atom. The van der Waals surface area contributed by atoms with E-state index in [1.807, 2.05) is 0 Å². The summed E-state index contributed by atoms with van der Waals surface area (Å²) in [5.74, 6) is 0.790. The van der Waals surface area contributed by atoms with Gasteiger partial charge in [-0.25, -0.2) is 0 Å². The molecule has 3 rings (SSSR count). The summed E-state index contributed by atoms with van der Waals surface area (Å²) >= 11 is 4.88. The van der Waals surface area contributed by atoms with Crippen molar-refractivity contribution in [2.24, 2.45) is 16.7 Å². The maximum absolute atomic E-state index is 4.46. The molecule has 29 heavy (non-hydrogen) atoms. The predicted octanol–water partition coefficient (Wildman–Crippen LogP) is 6.63. The van der Waals surface area contributed by atoms with E-state index in [0.717, 1.165) is 25.6 Å². The van der Waals surface area contributed by atoms with Crippen molar-refractivity contribution >= 4 is 42.4 Å². The molecule has 0 bridgehead atoms. The Kier molecular flexibility index (Phi) is 6.89. The van der Waals surface area contributed by atoms with Crippen molar-refractivity contribution in [1.82, 2.24) is 5.69 Å². The summed E-state index contributed by atoms with van der Waals surface area (Å²) in [4.78, 5) is 0. The number of benzene rings is 1. The minimum atomic E-state index is -4.04. The van der Waals surface area contributed by atoms with Crippen LogP contribution in [-0.2, 0) is 0 Å². The van der Waals surface area contributed by atoms with Gasteiger partial charge in [0, 0.05) is 0 Å². The van der Waals surface area contributed by atoms with Crippen molar-refractivity contribution in [3.63, 3.8) is 0 Å². The van der Waals surface area contributed by atoms with Crippen LogP contribution in [0, 0.1) is 16.7 Å². The molecule has 0 amide bonds. The molecule has 5 heteroatoms. The molecule has 2 aliphatic rings. The van der Waals surface area contributed by atoms with E-state index in [0.29, 0.717) is 5.41 Å². The van der Waals surface area contributed by atoms with Crippen LogP contribution in [0.4, 0.5) is 0 Å². The first kappa shape index (κ1) is 24.0. The summed E-state index contributed by atoms with van der Waals surface area (Å²) in [6.45, 7) is 17.3. The first-order chi connectivity index (χ1) is 13.3. The molecule has 1 fully saturated rings. The van der Waals surface area contributed by atoms with Crippen molar-refractivity contribution in [1.29, 1.82) is 0 Å². The Morgan fingerprint density at radius 3 is 1.97 bits per heavy atom. The molecular weight excluding hydrogens is 685 g/mol.